The normalized spacial score (nSPS) is 17.9. The number of urea groups is 1. The third-order valence-electron chi connectivity index (χ3n) is 5.67. The topological polar surface area (TPSA) is 53.9 Å². The van der Waals surface area contributed by atoms with Crippen LogP contribution in [-0.4, -0.2) is 41.6 Å². The fourth-order valence-electron chi connectivity index (χ4n) is 3.82. The summed E-state index contributed by atoms with van der Waals surface area (Å²) in [6.07, 6.45) is -0.646. The molecule has 1 N–H and O–H groups in total. The van der Waals surface area contributed by atoms with Gasteiger partial charge in [-0.2, -0.15) is 13.2 Å². The molecule has 2 aliphatic rings. The Hall–Kier alpha value is -2.68. The van der Waals surface area contributed by atoms with Gasteiger partial charge in [0, 0.05) is 42.9 Å². The summed E-state index contributed by atoms with van der Waals surface area (Å²) < 4.78 is 38.3. The number of nitrogens with one attached hydrogen (secondary N) is 1. The average molecular weight is 449 g/mol. The molecule has 2 heterocycles. The fourth-order valence-corrected chi connectivity index (χ4v) is 4.28. The SMILES string of the molecule is CSc1cccc(NC(=O)N2CCC3(CC2)CC(c2ccc(C(F)(F)F)cc2)=NO3)c1. The molecule has 0 unspecified atom stereocenters. The monoisotopic (exact) mass is 449 g/mol. The second kappa shape index (κ2) is 8.45. The maximum Gasteiger partial charge on any atom is 0.416 e. The van der Waals surface area contributed by atoms with Crippen molar-refractivity contribution in [3.63, 3.8) is 0 Å². The van der Waals surface area contributed by atoms with Crippen LogP contribution in [-0.2, 0) is 11.0 Å². The fraction of sp³-hybridized carbons (Fsp3) is 0.364. The van der Waals surface area contributed by atoms with Crippen LogP contribution < -0.4 is 5.32 Å². The zero-order valence-electron chi connectivity index (χ0n) is 16.9. The highest BCUT2D eigenvalue weighted by Gasteiger charge is 2.43. The van der Waals surface area contributed by atoms with Gasteiger partial charge in [-0.25, -0.2) is 4.79 Å². The summed E-state index contributed by atoms with van der Waals surface area (Å²) in [5.74, 6) is 0. The number of rotatable bonds is 3. The first-order chi connectivity index (χ1) is 14.8. The molecule has 4 rings (SSSR count). The number of oxime groups is 1. The first-order valence-electron chi connectivity index (χ1n) is 9.91. The second-order valence-corrected chi connectivity index (χ2v) is 8.59. The summed E-state index contributed by atoms with van der Waals surface area (Å²) >= 11 is 1.61. The number of alkyl halides is 3. The van der Waals surface area contributed by atoms with Gasteiger partial charge >= 0.3 is 12.2 Å². The molecule has 2 aliphatic heterocycles. The summed E-state index contributed by atoms with van der Waals surface area (Å²) in [7, 11) is 0. The molecule has 2 amide bonds. The van der Waals surface area contributed by atoms with Gasteiger partial charge in [-0.15, -0.1) is 11.8 Å². The maximum absolute atomic E-state index is 12.8. The van der Waals surface area contributed by atoms with Gasteiger partial charge in [0.05, 0.1) is 11.3 Å². The number of hydrogen-bond acceptors (Lipinski definition) is 4. The number of anilines is 1. The maximum atomic E-state index is 12.8. The first-order valence-corrected chi connectivity index (χ1v) is 11.1. The van der Waals surface area contributed by atoms with Gasteiger partial charge in [0.1, 0.15) is 5.60 Å². The van der Waals surface area contributed by atoms with E-state index in [1.807, 2.05) is 30.5 Å². The lowest BCUT2D eigenvalue weighted by Crippen LogP contribution is -2.48. The number of nitrogens with zero attached hydrogens (tertiary/aromatic N) is 2. The number of thioether (sulfide) groups is 1. The molecule has 1 fully saturated rings. The lowest BCUT2D eigenvalue weighted by Gasteiger charge is -2.37. The van der Waals surface area contributed by atoms with Gasteiger partial charge in [0.15, 0.2) is 0 Å². The van der Waals surface area contributed by atoms with Crippen molar-refractivity contribution in [2.45, 2.75) is 35.9 Å². The van der Waals surface area contributed by atoms with Gasteiger partial charge in [0.25, 0.3) is 0 Å². The molecule has 0 atom stereocenters. The lowest BCUT2D eigenvalue weighted by atomic mass is 9.85. The van der Waals surface area contributed by atoms with Crippen molar-refractivity contribution in [3.05, 3.63) is 59.7 Å². The summed E-state index contributed by atoms with van der Waals surface area (Å²) in [6.45, 7) is 1.04. The van der Waals surface area contributed by atoms with E-state index >= 15 is 0 Å². The number of likely N-dealkylation sites (tertiary alicyclic amines) is 1. The molecule has 0 saturated carbocycles. The Morgan fingerprint density at radius 3 is 2.52 bits per heavy atom. The zero-order valence-corrected chi connectivity index (χ0v) is 17.7. The molecule has 0 radical (unpaired) electrons. The van der Waals surface area contributed by atoms with Gasteiger partial charge in [-0.1, -0.05) is 23.4 Å². The standard InChI is InChI=1S/C22H22F3N3O2S/c1-31-18-4-2-3-17(13-18)26-20(29)28-11-9-21(10-12-28)14-19(27-30-21)15-5-7-16(8-6-15)22(23,24)25/h2-8,13H,9-12,14H2,1H3,(H,26,29). The molecular weight excluding hydrogens is 427 g/mol. The Balaban J connectivity index is 1.33. The van der Waals surface area contributed by atoms with E-state index in [0.29, 0.717) is 43.6 Å². The molecule has 0 bridgehead atoms. The van der Waals surface area contributed by atoms with Crippen LogP contribution in [0.5, 0.6) is 0 Å². The summed E-state index contributed by atoms with van der Waals surface area (Å²) in [5, 5.41) is 7.08. The molecule has 9 heteroatoms. The molecule has 164 valence electrons. The van der Waals surface area contributed by atoms with Crippen molar-refractivity contribution in [2.24, 2.45) is 5.16 Å². The van der Waals surface area contributed by atoms with Crippen LogP contribution in [0.25, 0.3) is 0 Å². The lowest BCUT2D eigenvalue weighted by molar-refractivity contribution is -0.137. The first kappa shape index (κ1) is 21.5. The molecule has 0 aliphatic carbocycles. The van der Waals surface area contributed by atoms with E-state index in [4.69, 9.17) is 4.84 Å². The number of carbonyl (C=O) groups is 1. The predicted molar refractivity (Wildman–Crippen MR) is 114 cm³/mol. The van der Waals surface area contributed by atoms with E-state index in [9.17, 15) is 18.0 Å². The summed E-state index contributed by atoms with van der Waals surface area (Å²) in [4.78, 5) is 21.2. The predicted octanol–water partition coefficient (Wildman–Crippen LogP) is 5.62. The molecule has 2 aromatic rings. The Kier molecular flexibility index (Phi) is 5.88. The van der Waals surface area contributed by atoms with Gasteiger partial charge in [-0.05, 0) is 42.2 Å². The van der Waals surface area contributed by atoms with Crippen molar-refractivity contribution in [3.8, 4) is 0 Å². The minimum Gasteiger partial charge on any atom is -0.388 e. The molecule has 1 saturated heterocycles. The number of benzene rings is 2. The Morgan fingerprint density at radius 1 is 1.16 bits per heavy atom. The molecule has 31 heavy (non-hydrogen) atoms. The van der Waals surface area contributed by atoms with E-state index in [2.05, 4.69) is 10.5 Å². The van der Waals surface area contributed by atoms with Crippen LogP contribution in [0, 0.1) is 0 Å². The number of piperidine rings is 1. The average Bonchev–Trinajstić information content (AvgIpc) is 3.17. The van der Waals surface area contributed by atoms with E-state index in [0.717, 1.165) is 22.7 Å². The minimum absolute atomic E-state index is 0.157. The van der Waals surface area contributed by atoms with Crippen molar-refractivity contribution >= 4 is 29.2 Å². The Labute approximate surface area is 182 Å². The molecule has 1 spiro atoms. The van der Waals surface area contributed by atoms with Crippen LogP contribution in [0.1, 0.15) is 30.4 Å². The highest BCUT2D eigenvalue weighted by Crippen LogP contribution is 2.37. The largest absolute Gasteiger partial charge is 0.416 e. The third-order valence-corrected chi connectivity index (χ3v) is 6.39. The quantitative estimate of drug-likeness (QED) is 0.619. The van der Waals surface area contributed by atoms with E-state index in [1.54, 1.807) is 16.7 Å². The number of hydrogen-bond donors (Lipinski definition) is 1. The van der Waals surface area contributed by atoms with Gasteiger partial charge < -0.3 is 15.1 Å². The van der Waals surface area contributed by atoms with E-state index < -0.39 is 17.3 Å². The van der Waals surface area contributed by atoms with Crippen molar-refractivity contribution in [1.29, 1.82) is 0 Å². The van der Waals surface area contributed by atoms with Crippen LogP contribution in [0.4, 0.5) is 23.7 Å². The highest BCUT2D eigenvalue weighted by atomic mass is 32.2. The van der Waals surface area contributed by atoms with E-state index in [1.165, 1.54) is 12.1 Å². The molecule has 5 nitrogen and oxygen atoms in total. The summed E-state index contributed by atoms with van der Waals surface area (Å²) in [6, 6.07) is 12.5. The Bertz CT molecular complexity index is 984. The van der Waals surface area contributed by atoms with Gasteiger partial charge in [-0.3, -0.25) is 0 Å². The zero-order chi connectivity index (χ0) is 22.1. The second-order valence-electron chi connectivity index (χ2n) is 7.71. The molecule has 0 aromatic heterocycles. The number of amides is 2. The number of halogens is 3. The molecule has 2 aromatic carbocycles. The van der Waals surface area contributed by atoms with Crippen LogP contribution in [0.15, 0.2) is 58.6 Å². The van der Waals surface area contributed by atoms with Crippen LogP contribution >= 0.6 is 11.8 Å². The van der Waals surface area contributed by atoms with Crippen LogP contribution in [0.3, 0.4) is 0 Å². The van der Waals surface area contributed by atoms with Crippen LogP contribution in [0.2, 0.25) is 0 Å². The highest BCUT2D eigenvalue weighted by molar-refractivity contribution is 7.98. The van der Waals surface area contributed by atoms with Crippen molar-refractivity contribution in [1.82, 2.24) is 4.90 Å². The summed E-state index contributed by atoms with van der Waals surface area (Å²) in [5.41, 5.74) is 0.822. The van der Waals surface area contributed by atoms with E-state index in [-0.39, 0.29) is 6.03 Å². The Morgan fingerprint density at radius 2 is 1.87 bits per heavy atom. The third kappa shape index (κ3) is 4.81. The van der Waals surface area contributed by atoms with Gasteiger partial charge in [0.2, 0.25) is 0 Å². The van der Waals surface area contributed by atoms with Crippen molar-refractivity contribution in [2.75, 3.05) is 24.7 Å². The molecular formula is C22H22F3N3O2S. The smallest absolute Gasteiger partial charge is 0.388 e. The van der Waals surface area contributed by atoms with Crippen molar-refractivity contribution < 1.29 is 22.8 Å². The minimum atomic E-state index is -4.36. The number of carbonyl (C=O) groups excluding carboxylic acids is 1.